The molecule has 1 aliphatic heterocycles. The van der Waals surface area contributed by atoms with Crippen molar-refractivity contribution in [3.05, 3.63) is 33.6 Å². The van der Waals surface area contributed by atoms with E-state index in [-0.39, 0.29) is 47.8 Å². The molecule has 1 aliphatic carbocycles. The maximum atomic E-state index is 13.7. The number of hydrogen-bond acceptors (Lipinski definition) is 3. The van der Waals surface area contributed by atoms with E-state index in [1.54, 1.807) is 7.05 Å². The maximum Gasteiger partial charge on any atom is 0.282 e. The van der Waals surface area contributed by atoms with Crippen LogP contribution in [0.15, 0.2) is 12.1 Å². The molecule has 0 radical (unpaired) electrons. The fraction of sp³-hybridized carbons (Fsp3) is 0.611. The minimum absolute atomic E-state index is 0.0270. The van der Waals surface area contributed by atoms with Crippen molar-refractivity contribution < 1.29 is 17.6 Å². The lowest BCUT2D eigenvalue weighted by molar-refractivity contribution is 0.0692. The molecule has 2 fully saturated rings. The molecule has 10 heteroatoms. The van der Waals surface area contributed by atoms with E-state index in [1.165, 1.54) is 19.6 Å². The van der Waals surface area contributed by atoms with Crippen LogP contribution in [0, 0.1) is 5.82 Å². The van der Waals surface area contributed by atoms with Crippen LogP contribution in [0.3, 0.4) is 0 Å². The predicted octanol–water partition coefficient (Wildman–Crippen LogP) is 3.40. The smallest absolute Gasteiger partial charge is 0.282 e. The second kappa shape index (κ2) is 8.83. The van der Waals surface area contributed by atoms with Crippen molar-refractivity contribution in [3.8, 4) is 0 Å². The zero-order valence-corrected chi connectivity index (χ0v) is 18.0. The van der Waals surface area contributed by atoms with Gasteiger partial charge in [0.25, 0.3) is 16.1 Å². The van der Waals surface area contributed by atoms with Gasteiger partial charge in [0.15, 0.2) is 0 Å². The van der Waals surface area contributed by atoms with Crippen molar-refractivity contribution >= 4 is 39.3 Å². The van der Waals surface area contributed by atoms with Crippen LogP contribution in [0.1, 0.15) is 42.5 Å². The van der Waals surface area contributed by atoms with Crippen LogP contribution in [0.4, 0.5) is 4.39 Å². The summed E-state index contributed by atoms with van der Waals surface area (Å²) in [6.07, 6.45) is 5.01. The van der Waals surface area contributed by atoms with Crippen molar-refractivity contribution in [2.45, 2.75) is 38.1 Å². The normalized spacial score (nSPS) is 20.0. The Kier molecular flexibility index (Phi) is 6.87. The van der Waals surface area contributed by atoms with Gasteiger partial charge in [0.05, 0.1) is 15.6 Å². The molecule has 1 aromatic rings. The standard InChI is InChI=1S/C18H24Cl2FN3O3S/c1-22(13-5-3-2-4-6-13)28(26,27)24-9-7-23(8-10-24)18(25)14-11-17(21)16(20)12-15(14)19/h11-13H,2-10H2,1H3. The lowest BCUT2D eigenvalue weighted by Gasteiger charge is -2.38. The molecule has 0 bridgehead atoms. The Labute approximate surface area is 175 Å². The van der Waals surface area contributed by atoms with Crippen LogP contribution in [0.2, 0.25) is 10.0 Å². The SMILES string of the molecule is CN(C1CCCCC1)S(=O)(=O)N1CCN(C(=O)c2cc(F)c(Cl)cc2Cl)CC1. The van der Waals surface area contributed by atoms with Crippen molar-refractivity contribution in [2.24, 2.45) is 0 Å². The van der Waals surface area contributed by atoms with Crippen LogP contribution >= 0.6 is 23.2 Å². The number of carbonyl (C=O) groups is 1. The summed E-state index contributed by atoms with van der Waals surface area (Å²) in [6, 6.07) is 2.26. The molecule has 1 aromatic carbocycles. The van der Waals surface area contributed by atoms with Crippen LogP contribution in [-0.4, -0.2) is 67.1 Å². The zero-order chi connectivity index (χ0) is 20.5. The van der Waals surface area contributed by atoms with Gasteiger partial charge >= 0.3 is 0 Å². The van der Waals surface area contributed by atoms with Crippen molar-refractivity contribution in [3.63, 3.8) is 0 Å². The highest BCUT2D eigenvalue weighted by Gasteiger charge is 2.35. The van der Waals surface area contributed by atoms with E-state index >= 15 is 0 Å². The van der Waals surface area contributed by atoms with Crippen LogP contribution in [0.5, 0.6) is 0 Å². The molecule has 0 aromatic heterocycles. The minimum Gasteiger partial charge on any atom is -0.336 e. The Morgan fingerprint density at radius 2 is 1.68 bits per heavy atom. The first-order valence-electron chi connectivity index (χ1n) is 9.38. The number of benzene rings is 1. The average Bonchev–Trinajstić information content (AvgIpc) is 2.70. The number of hydrogen-bond donors (Lipinski definition) is 0. The number of amides is 1. The summed E-state index contributed by atoms with van der Waals surface area (Å²) in [6.45, 7) is 0.825. The summed E-state index contributed by atoms with van der Waals surface area (Å²) in [5.74, 6) is -1.15. The fourth-order valence-electron chi connectivity index (χ4n) is 3.79. The molecular formula is C18H24Cl2FN3O3S. The van der Waals surface area contributed by atoms with Gasteiger partial charge in [-0.1, -0.05) is 42.5 Å². The molecule has 0 unspecified atom stereocenters. The number of nitrogens with zero attached hydrogens (tertiary/aromatic N) is 3. The molecule has 0 spiro atoms. The molecule has 1 saturated carbocycles. The fourth-order valence-corrected chi connectivity index (χ4v) is 5.83. The second-order valence-corrected chi connectivity index (χ2v) is 10.1. The zero-order valence-electron chi connectivity index (χ0n) is 15.7. The topological polar surface area (TPSA) is 60.9 Å². The molecule has 2 aliphatic rings. The largest absolute Gasteiger partial charge is 0.336 e. The molecular weight excluding hydrogens is 428 g/mol. The lowest BCUT2D eigenvalue weighted by Crippen LogP contribution is -2.55. The van der Waals surface area contributed by atoms with Gasteiger partial charge in [-0.05, 0) is 25.0 Å². The van der Waals surface area contributed by atoms with E-state index in [2.05, 4.69) is 0 Å². The van der Waals surface area contributed by atoms with Gasteiger partial charge in [-0.25, -0.2) is 4.39 Å². The highest BCUT2D eigenvalue weighted by Crippen LogP contribution is 2.27. The van der Waals surface area contributed by atoms with Crippen molar-refractivity contribution in [2.75, 3.05) is 33.2 Å². The second-order valence-electron chi connectivity index (χ2n) is 7.25. The van der Waals surface area contributed by atoms with Gasteiger partial charge in [0.1, 0.15) is 5.82 Å². The Hall–Kier alpha value is -0.930. The Morgan fingerprint density at radius 3 is 2.29 bits per heavy atom. The molecule has 1 amide bonds. The number of carbonyl (C=O) groups excluding carboxylic acids is 1. The first-order valence-corrected chi connectivity index (χ1v) is 11.5. The summed E-state index contributed by atoms with van der Waals surface area (Å²) < 4.78 is 42.5. The van der Waals surface area contributed by atoms with Crippen molar-refractivity contribution in [1.29, 1.82) is 0 Å². The molecule has 0 atom stereocenters. The molecule has 3 rings (SSSR count). The first kappa shape index (κ1) is 21.8. The summed E-state index contributed by atoms with van der Waals surface area (Å²) in [5.41, 5.74) is 0.0270. The summed E-state index contributed by atoms with van der Waals surface area (Å²) in [7, 11) is -1.93. The van der Waals surface area contributed by atoms with Gasteiger partial charge < -0.3 is 4.90 Å². The van der Waals surface area contributed by atoms with Gasteiger partial charge in [0, 0.05) is 39.3 Å². The van der Waals surface area contributed by atoms with Crippen LogP contribution < -0.4 is 0 Å². The molecule has 1 saturated heterocycles. The molecule has 0 N–H and O–H groups in total. The Balaban J connectivity index is 1.65. The van der Waals surface area contributed by atoms with E-state index < -0.39 is 21.9 Å². The van der Waals surface area contributed by atoms with Gasteiger partial charge in [-0.15, -0.1) is 0 Å². The van der Waals surface area contributed by atoms with Crippen LogP contribution in [0.25, 0.3) is 0 Å². The van der Waals surface area contributed by atoms with Crippen LogP contribution in [-0.2, 0) is 10.2 Å². The molecule has 28 heavy (non-hydrogen) atoms. The van der Waals surface area contributed by atoms with Crippen molar-refractivity contribution in [1.82, 2.24) is 13.5 Å². The Bertz CT molecular complexity index is 839. The quantitative estimate of drug-likeness (QED) is 0.658. The minimum atomic E-state index is -3.57. The third-order valence-corrected chi connectivity index (χ3v) is 8.19. The van der Waals surface area contributed by atoms with Gasteiger partial charge in [0.2, 0.25) is 0 Å². The van der Waals surface area contributed by atoms with E-state index in [0.29, 0.717) is 0 Å². The Morgan fingerprint density at radius 1 is 1.07 bits per heavy atom. The summed E-state index contributed by atoms with van der Waals surface area (Å²) >= 11 is 11.7. The van der Waals surface area contributed by atoms with E-state index in [0.717, 1.165) is 38.2 Å². The number of piperazine rings is 1. The third kappa shape index (κ3) is 4.46. The molecule has 1 heterocycles. The summed E-state index contributed by atoms with van der Waals surface area (Å²) in [5, 5.41) is -0.0771. The maximum absolute atomic E-state index is 13.7. The van der Waals surface area contributed by atoms with Gasteiger partial charge in [-0.2, -0.15) is 17.0 Å². The van der Waals surface area contributed by atoms with E-state index in [1.807, 2.05) is 0 Å². The predicted molar refractivity (Wildman–Crippen MR) is 107 cm³/mol. The number of rotatable bonds is 4. The number of halogens is 3. The first-order chi connectivity index (χ1) is 13.2. The third-order valence-electron chi connectivity index (χ3n) is 5.55. The monoisotopic (exact) mass is 451 g/mol. The van der Waals surface area contributed by atoms with E-state index in [4.69, 9.17) is 23.2 Å². The highest BCUT2D eigenvalue weighted by atomic mass is 35.5. The molecule has 156 valence electrons. The van der Waals surface area contributed by atoms with E-state index in [9.17, 15) is 17.6 Å². The van der Waals surface area contributed by atoms with Gasteiger partial charge in [-0.3, -0.25) is 4.79 Å². The lowest BCUT2D eigenvalue weighted by atomic mass is 9.96. The summed E-state index contributed by atoms with van der Waals surface area (Å²) in [4.78, 5) is 14.2. The highest BCUT2D eigenvalue weighted by molar-refractivity contribution is 7.86. The molecule has 6 nitrogen and oxygen atoms in total. The average molecular weight is 452 g/mol.